The molecule has 1 aliphatic rings. The van der Waals surface area contributed by atoms with Crippen molar-refractivity contribution >= 4 is 11.6 Å². The summed E-state index contributed by atoms with van der Waals surface area (Å²) in [6, 6.07) is 5.50. The first-order chi connectivity index (χ1) is 13.1. The highest BCUT2D eigenvalue weighted by Gasteiger charge is 2.22. The molecule has 1 fully saturated rings. The van der Waals surface area contributed by atoms with Crippen molar-refractivity contribution in [3.63, 3.8) is 0 Å². The van der Waals surface area contributed by atoms with Crippen LogP contribution >= 0.6 is 0 Å². The van der Waals surface area contributed by atoms with Gasteiger partial charge in [0.25, 0.3) is 5.91 Å². The van der Waals surface area contributed by atoms with Crippen LogP contribution in [0.15, 0.2) is 30.6 Å². The van der Waals surface area contributed by atoms with Crippen molar-refractivity contribution < 1.29 is 9.53 Å². The molecule has 1 saturated carbocycles. The molecular formula is C21H30N4O2. The Balaban J connectivity index is 1.84. The quantitative estimate of drug-likeness (QED) is 0.597. The number of carbonyl (C=O) groups is 1. The summed E-state index contributed by atoms with van der Waals surface area (Å²) in [6.07, 6.45) is 10.7. The van der Waals surface area contributed by atoms with Gasteiger partial charge in [0.1, 0.15) is 5.82 Å². The van der Waals surface area contributed by atoms with E-state index in [9.17, 15) is 4.79 Å². The van der Waals surface area contributed by atoms with Crippen LogP contribution in [0.25, 0.3) is 5.69 Å². The Kier molecular flexibility index (Phi) is 6.50. The topological polar surface area (TPSA) is 73.4 Å². The Hall–Kier alpha value is -2.34. The van der Waals surface area contributed by atoms with Gasteiger partial charge in [-0.2, -0.15) is 0 Å². The van der Waals surface area contributed by atoms with Crippen molar-refractivity contribution in [2.45, 2.75) is 44.4 Å². The number of amides is 1. The van der Waals surface area contributed by atoms with Gasteiger partial charge in [0, 0.05) is 51.2 Å². The first-order valence-electron chi connectivity index (χ1n) is 9.79. The van der Waals surface area contributed by atoms with Crippen LogP contribution in [0, 0.1) is 0 Å². The monoisotopic (exact) mass is 370 g/mol. The minimum Gasteiger partial charge on any atom is -0.397 e. The second-order valence-corrected chi connectivity index (χ2v) is 7.34. The number of nitrogen functional groups attached to an aromatic ring is 1. The normalized spacial score (nSPS) is 15.0. The second-order valence-electron chi connectivity index (χ2n) is 7.34. The SMILES string of the molecule is COCCCN(C)C(=O)c1ccc(N)c(-n2ccnc2C2CCCCC2)c1. The summed E-state index contributed by atoms with van der Waals surface area (Å²) in [6.45, 7) is 1.30. The number of benzene rings is 1. The van der Waals surface area contributed by atoms with Crippen LogP contribution in [0.3, 0.4) is 0 Å². The van der Waals surface area contributed by atoms with Crippen LogP contribution in [-0.2, 0) is 4.74 Å². The predicted molar refractivity (Wildman–Crippen MR) is 107 cm³/mol. The maximum atomic E-state index is 12.8. The van der Waals surface area contributed by atoms with E-state index in [1.165, 1.54) is 19.3 Å². The van der Waals surface area contributed by atoms with E-state index in [0.29, 0.717) is 30.3 Å². The van der Waals surface area contributed by atoms with Gasteiger partial charge >= 0.3 is 0 Å². The van der Waals surface area contributed by atoms with Crippen molar-refractivity contribution in [3.8, 4) is 5.69 Å². The Morgan fingerprint density at radius 2 is 2.11 bits per heavy atom. The first kappa shape index (κ1) is 19.4. The van der Waals surface area contributed by atoms with Gasteiger partial charge in [-0.05, 0) is 37.5 Å². The van der Waals surface area contributed by atoms with E-state index in [-0.39, 0.29) is 5.91 Å². The lowest BCUT2D eigenvalue weighted by atomic mass is 9.88. The Morgan fingerprint density at radius 1 is 1.33 bits per heavy atom. The van der Waals surface area contributed by atoms with Crippen LogP contribution in [0.4, 0.5) is 5.69 Å². The molecule has 0 unspecified atom stereocenters. The number of anilines is 1. The molecule has 0 atom stereocenters. The lowest BCUT2D eigenvalue weighted by Crippen LogP contribution is -2.28. The molecule has 0 radical (unpaired) electrons. The average Bonchev–Trinajstić information content (AvgIpc) is 3.18. The summed E-state index contributed by atoms with van der Waals surface area (Å²) in [5, 5.41) is 0. The van der Waals surface area contributed by atoms with E-state index in [4.69, 9.17) is 10.5 Å². The zero-order valence-electron chi connectivity index (χ0n) is 16.4. The number of ether oxygens (including phenoxy) is 1. The first-order valence-corrected chi connectivity index (χ1v) is 9.79. The van der Waals surface area contributed by atoms with Crippen LogP contribution in [0.1, 0.15) is 60.6 Å². The number of aromatic nitrogens is 2. The summed E-state index contributed by atoms with van der Waals surface area (Å²) >= 11 is 0. The summed E-state index contributed by atoms with van der Waals surface area (Å²) in [4.78, 5) is 19.1. The number of nitrogens with two attached hydrogens (primary N) is 1. The molecule has 3 rings (SSSR count). The molecule has 6 nitrogen and oxygen atoms in total. The number of carbonyl (C=O) groups excluding carboxylic acids is 1. The number of nitrogens with zero attached hydrogens (tertiary/aromatic N) is 3. The highest BCUT2D eigenvalue weighted by Crippen LogP contribution is 2.33. The molecule has 2 N–H and O–H groups in total. The standard InChI is InChI=1S/C21H30N4O2/c1-24(12-6-14-27-2)21(26)17-9-10-18(22)19(15-17)25-13-11-23-20(25)16-7-4-3-5-8-16/h9-11,13,15-16H,3-8,12,14,22H2,1-2H3. The highest BCUT2D eigenvalue weighted by molar-refractivity contribution is 5.95. The van der Waals surface area contributed by atoms with Gasteiger partial charge in [-0.3, -0.25) is 4.79 Å². The predicted octanol–water partition coefficient (Wildman–Crippen LogP) is 3.61. The maximum absolute atomic E-state index is 12.8. The summed E-state index contributed by atoms with van der Waals surface area (Å²) in [5.41, 5.74) is 8.40. The zero-order valence-corrected chi connectivity index (χ0v) is 16.4. The molecule has 1 aliphatic carbocycles. The summed E-state index contributed by atoms with van der Waals surface area (Å²) in [5.74, 6) is 1.51. The average molecular weight is 370 g/mol. The molecule has 1 amide bonds. The van der Waals surface area contributed by atoms with Crippen LogP contribution in [0.2, 0.25) is 0 Å². The van der Waals surface area contributed by atoms with Gasteiger partial charge in [0.15, 0.2) is 0 Å². The number of imidazole rings is 1. The fourth-order valence-corrected chi connectivity index (χ4v) is 3.83. The Morgan fingerprint density at radius 3 is 2.85 bits per heavy atom. The summed E-state index contributed by atoms with van der Waals surface area (Å²) < 4.78 is 7.13. The number of hydrogen-bond acceptors (Lipinski definition) is 4. The van der Waals surface area contributed by atoms with Crippen LogP contribution in [-0.4, -0.2) is 47.7 Å². The molecule has 1 aromatic heterocycles. The zero-order chi connectivity index (χ0) is 19.2. The van der Waals surface area contributed by atoms with Crippen molar-refractivity contribution in [2.75, 3.05) is 33.0 Å². The molecular weight excluding hydrogens is 340 g/mol. The van der Waals surface area contributed by atoms with E-state index in [2.05, 4.69) is 9.55 Å². The molecule has 146 valence electrons. The highest BCUT2D eigenvalue weighted by atomic mass is 16.5. The maximum Gasteiger partial charge on any atom is 0.253 e. The number of methoxy groups -OCH3 is 1. The van der Waals surface area contributed by atoms with Gasteiger partial charge < -0.3 is 19.9 Å². The van der Waals surface area contributed by atoms with Gasteiger partial charge in [-0.15, -0.1) is 0 Å². The summed E-state index contributed by atoms with van der Waals surface area (Å²) in [7, 11) is 3.49. The molecule has 1 heterocycles. The Labute approximate surface area is 161 Å². The van der Waals surface area contributed by atoms with Crippen molar-refractivity contribution in [3.05, 3.63) is 42.0 Å². The van der Waals surface area contributed by atoms with Gasteiger partial charge in [-0.25, -0.2) is 4.98 Å². The molecule has 0 saturated heterocycles. The lowest BCUT2D eigenvalue weighted by molar-refractivity contribution is 0.0779. The van der Waals surface area contributed by atoms with E-state index < -0.39 is 0 Å². The fraction of sp³-hybridized carbons (Fsp3) is 0.524. The van der Waals surface area contributed by atoms with Crippen molar-refractivity contribution in [1.82, 2.24) is 14.5 Å². The molecule has 1 aromatic carbocycles. The third kappa shape index (κ3) is 4.50. The molecule has 0 spiro atoms. The van der Waals surface area contributed by atoms with Crippen molar-refractivity contribution in [1.29, 1.82) is 0 Å². The number of hydrogen-bond donors (Lipinski definition) is 1. The van der Waals surface area contributed by atoms with E-state index in [1.54, 1.807) is 18.1 Å². The molecule has 2 aromatic rings. The number of rotatable bonds is 7. The van der Waals surface area contributed by atoms with E-state index in [0.717, 1.165) is 30.8 Å². The molecule has 6 heteroatoms. The van der Waals surface area contributed by atoms with E-state index in [1.807, 2.05) is 31.6 Å². The molecule has 0 aliphatic heterocycles. The smallest absolute Gasteiger partial charge is 0.253 e. The fourth-order valence-electron chi connectivity index (χ4n) is 3.83. The van der Waals surface area contributed by atoms with Crippen LogP contribution in [0.5, 0.6) is 0 Å². The van der Waals surface area contributed by atoms with Crippen LogP contribution < -0.4 is 5.73 Å². The lowest BCUT2D eigenvalue weighted by Gasteiger charge is -2.23. The van der Waals surface area contributed by atoms with E-state index >= 15 is 0 Å². The van der Waals surface area contributed by atoms with Crippen molar-refractivity contribution in [2.24, 2.45) is 0 Å². The third-order valence-corrected chi connectivity index (χ3v) is 5.37. The van der Waals surface area contributed by atoms with Gasteiger partial charge in [-0.1, -0.05) is 19.3 Å². The van der Waals surface area contributed by atoms with Gasteiger partial charge in [0.05, 0.1) is 11.4 Å². The van der Waals surface area contributed by atoms with Gasteiger partial charge in [0.2, 0.25) is 0 Å². The minimum atomic E-state index is -0.00770. The largest absolute Gasteiger partial charge is 0.397 e. The molecule has 27 heavy (non-hydrogen) atoms. The third-order valence-electron chi connectivity index (χ3n) is 5.37. The second kappa shape index (κ2) is 9.04. The Bertz CT molecular complexity index is 765. The minimum absolute atomic E-state index is 0.00770. The molecule has 0 bridgehead atoms.